The highest BCUT2D eigenvalue weighted by Gasteiger charge is 2.38. The maximum absolute atomic E-state index is 14.8. The molecule has 1 amide bonds. The smallest absolute Gasteiger partial charge is 0.475 e. The summed E-state index contributed by atoms with van der Waals surface area (Å²) in [6, 6.07) is 11.5. The molecule has 0 aliphatic carbocycles. The number of thiazole rings is 1. The van der Waals surface area contributed by atoms with E-state index in [1.807, 2.05) is 36.4 Å². The Hall–Kier alpha value is -3.28. The number of aliphatic carboxylic acids is 1. The number of anilines is 1. The summed E-state index contributed by atoms with van der Waals surface area (Å²) >= 11 is 1.25. The minimum atomic E-state index is -5.08. The molecule has 0 bridgehead atoms. The molecule has 3 aromatic rings. The molecule has 4 rings (SSSR count). The topological polar surface area (TPSA) is 86.6 Å². The van der Waals surface area contributed by atoms with Gasteiger partial charge in [-0.05, 0) is 43.0 Å². The molecule has 1 aromatic carbocycles. The van der Waals surface area contributed by atoms with Crippen molar-refractivity contribution in [2.45, 2.75) is 25.2 Å². The van der Waals surface area contributed by atoms with Gasteiger partial charge in [-0.15, -0.1) is 11.3 Å². The Morgan fingerprint density at radius 3 is 2.34 bits per heavy atom. The number of hydrogen-bond acceptors (Lipinski definition) is 6. The molecule has 0 spiro atoms. The van der Waals surface area contributed by atoms with Crippen LogP contribution in [0.2, 0.25) is 0 Å². The Morgan fingerprint density at radius 1 is 1.17 bits per heavy atom. The summed E-state index contributed by atoms with van der Waals surface area (Å²) in [6.07, 6.45) is -1.20. The van der Waals surface area contributed by atoms with Crippen LogP contribution in [0.4, 0.5) is 23.2 Å². The van der Waals surface area contributed by atoms with Gasteiger partial charge in [0.15, 0.2) is 0 Å². The summed E-state index contributed by atoms with van der Waals surface area (Å²) in [5.74, 6) is -2.88. The Labute approximate surface area is 203 Å². The second-order valence-corrected chi connectivity index (χ2v) is 9.10. The molecule has 1 N–H and O–H groups in total. The molecule has 1 aliphatic rings. The van der Waals surface area contributed by atoms with E-state index in [1.54, 1.807) is 19.4 Å². The molecule has 1 aliphatic heterocycles. The maximum Gasteiger partial charge on any atom is 0.490 e. The average Bonchev–Trinajstić information content (AvgIpc) is 3.28. The Balaban J connectivity index is 0.000000429. The summed E-state index contributed by atoms with van der Waals surface area (Å²) < 4.78 is 47.4. The quantitative estimate of drug-likeness (QED) is 0.499. The summed E-state index contributed by atoms with van der Waals surface area (Å²) in [4.78, 5) is 33.7. The first-order valence-corrected chi connectivity index (χ1v) is 11.6. The minimum Gasteiger partial charge on any atom is -0.475 e. The first kappa shape index (κ1) is 26.3. The van der Waals surface area contributed by atoms with Crippen LogP contribution in [0, 0.1) is 5.92 Å². The van der Waals surface area contributed by atoms with E-state index in [2.05, 4.69) is 14.9 Å². The van der Waals surface area contributed by atoms with Crippen molar-refractivity contribution in [2.24, 2.45) is 5.92 Å². The van der Waals surface area contributed by atoms with Gasteiger partial charge in [-0.2, -0.15) is 13.2 Å². The summed E-state index contributed by atoms with van der Waals surface area (Å²) in [5.41, 5.74) is 1.92. The lowest BCUT2D eigenvalue weighted by molar-refractivity contribution is -0.192. The Morgan fingerprint density at radius 2 is 1.77 bits per heavy atom. The number of aromatic nitrogens is 2. The number of carbonyl (C=O) groups is 2. The fourth-order valence-electron chi connectivity index (χ4n) is 3.70. The van der Waals surface area contributed by atoms with Crippen molar-refractivity contribution in [3.8, 4) is 0 Å². The van der Waals surface area contributed by atoms with Gasteiger partial charge < -0.3 is 14.9 Å². The number of likely N-dealkylation sites (N-methyl/N-ethyl adjacent to an activating group) is 1. The van der Waals surface area contributed by atoms with Crippen LogP contribution in [0.5, 0.6) is 0 Å². The summed E-state index contributed by atoms with van der Waals surface area (Å²) in [7, 11) is 1.69. The van der Waals surface area contributed by atoms with Gasteiger partial charge >= 0.3 is 12.1 Å². The molecule has 0 saturated carbocycles. The first-order chi connectivity index (χ1) is 16.6. The SMILES string of the molecule is CN(CC1CCN(c2ccncc2)CC1)C(=O)C(F)c1nc2ccccc2s1.O=C(O)C(F)(F)F. The Bertz CT molecular complexity index is 1100. The zero-order valence-corrected chi connectivity index (χ0v) is 19.6. The van der Waals surface area contributed by atoms with E-state index in [1.165, 1.54) is 21.9 Å². The van der Waals surface area contributed by atoms with Gasteiger partial charge in [-0.3, -0.25) is 9.78 Å². The standard InChI is InChI=1S/C21H23FN4OS.C2HF3O2/c1-25(14-15-8-12-26(13-9-15)16-6-10-23-11-7-16)21(27)19(22)20-24-17-4-2-3-5-18(17)28-20;3-2(4,5)1(6)7/h2-7,10-11,15,19H,8-9,12-14H2,1H3;(H,6,7). The third kappa shape index (κ3) is 7.10. The van der Waals surface area contributed by atoms with Crippen molar-refractivity contribution in [1.82, 2.24) is 14.9 Å². The largest absolute Gasteiger partial charge is 0.490 e. The molecular formula is C23H24F4N4O3S. The van der Waals surface area contributed by atoms with Crippen LogP contribution in [0.25, 0.3) is 10.2 Å². The number of pyridine rings is 1. The van der Waals surface area contributed by atoms with Gasteiger partial charge in [0.25, 0.3) is 5.91 Å². The highest BCUT2D eigenvalue weighted by molar-refractivity contribution is 7.18. The van der Waals surface area contributed by atoms with Crippen LogP contribution in [0.1, 0.15) is 24.0 Å². The van der Waals surface area contributed by atoms with Crippen molar-refractivity contribution >= 4 is 39.1 Å². The predicted molar refractivity (Wildman–Crippen MR) is 124 cm³/mol. The van der Waals surface area contributed by atoms with E-state index in [0.29, 0.717) is 12.5 Å². The van der Waals surface area contributed by atoms with Gasteiger partial charge in [0.1, 0.15) is 5.01 Å². The lowest BCUT2D eigenvalue weighted by Crippen LogP contribution is -2.40. The normalized spacial score (nSPS) is 15.3. The number of rotatable bonds is 5. The van der Waals surface area contributed by atoms with Crippen molar-refractivity contribution in [2.75, 3.05) is 31.6 Å². The summed E-state index contributed by atoms with van der Waals surface area (Å²) in [6.45, 7) is 2.45. The van der Waals surface area contributed by atoms with Crippen LogP contribution >= 0.6 is 11.3 Å². The van der Waals surface area contributed by atoms with Gasteiger partial charge in [0.2, 0.25) is 6.17 Å². The molecule has 3 heterocycles. The van der Waals surface area contributed by atoms with Gasteiger partial charge in [0, 0.05) is 44.8 Å². The van der Waals surface area contributed by atoms with E-state index >= 15 is 0 Å². The van der Waals surface area contributed by atoms with E-state index in [-0.39, 0.29) is 5.01 Å². The number of carbonyl (C=O) groups excluding carboxylic acids is 1. The number of piperidine rings is 1. The monoisotopic (exact) mass is 512 g/mol. The number of fused-ring (bicyclic) bond motifs is 1. The molecule has 1 saturated heterocycles. The number of carboxylic acids is 1. The number of hydrogen-bond donors (Lipinski definition) is 1. The summed E-state index contributed by atoms with van der Waals surface area (Å²) in [5, 5.41) is 7.37. The van der Waals surface area contributed by atoms with Crippen molar-refractivity contribution in [3.05, 3.63) is 53.8 Å². The van der Waals surface area contributed by atoms with E-state index < -0.39 is 24.2 Å². The highest BCUT2D eigenvalue weighted by atomic mass is 32.1. The minimum absolute atomic E-state index is 0.241. The first-order valence-electron chi connectivity index (χ1n) is 10.8. The number of amides is 1. The zero-order chi connectivity index (χ0) is 25.6. The van der Waals surface area contributed by atoms with Crippen LogP contribution in [0.15, 0.2) is 48.8 Å². The predicted octanol–water partition coefficient (Wildman–Crippen LogP) is 4.71. The molecule has 0 radical (unpaired) electrons. The number of alkyl halides is 4. The van der Waals surface area contributed by atoms with Crippen LogP contribution in [0.3, 0.4) is 0 Å². The Kier molecular flexibility index (Phi) is 8.60. The third-order valence-corrected chi connectivity index (χ3v) is 6.61. The lowest BCUT2D eigenvalue weighted by Gasteiger charge is -2.35. The molecule has 188 valence electrons. The van der Waals surface area contributed by atoms with Crippen LogP contribution in [-0.4, -0.2) is 64.7 Å². The number of halogens is 4. The van der Waals surface area contributed by atoms with E-state index in [9.17, 15) is 22.4 Å². The fourth-order valence-corrected chi connectivity index (χ4v) is 4.64. The zero-order valence-electron chi connectivity index (χ0n) is 18.8. The molecule has 2 aromatic heterocycles. The molecule has 35 heavy (non-hydrogen) atoms. The molecule has 1 unspecified atom stereocenters. The van der Waals surface area contributed by atoms with Gasteiger partial charge in [0.05, 0.1) is 10.2 Å². The molecule has 7 nitrogen and oxygen atoms in total. The van der Waals surface area contributed by atoms with Gasteiger partial charge in [-0.1, -0.05) is 12.1 Å². The van der Waals surface area contributed by atoms with Gasteiger partial charge in [-0.25, -0.2) is 14.2 Å². The number of carboxylic acid groups (broad SMARTS) is 1. The van der Waals surface area contributed by atoms with Crippen LogP contribution < -0.4 is 4.90 Å². The number of nitrogens with zero attached hydrogens (tertiary/aromatic N) is 4. The van der Waals surface area contributed by atoms with Crippen molar-refractivity contribution in [3.63, 3.8) is 0 Å². The van der Waals surface area contributed by atoms with Crippen LogP contribution in [-0.2, 0) is 9.59 Å². The second kappa shape index (κ2) is 11.4. The lowest BCUT2D eigenvalue weighted by atomic mass is 9.96. The molecule has 12 heteroatoms. The van der Waals surface area contributed by atoms with E-state index in [0.717, 1.165) is 36.1 Å². The number of benzene rings is 1. The third-order valence-electron chi connectivity index (χ3n) is 5.54. The molecular weight excluding hydrogens is 488 g/mol. The van der Waals surface area contributed by atoms with Crippen molar-refractivity contribution < 1.29 is 32.3 Å². The molecule has 1 atom stereocenters. The fraction of sp³-hybridized carbons (Fsp3) is 0.391. The van der Waals surface area contributed by atoms with Crippen molar-refractivity contribution in [1.29, 1.82) is 0 Å². The second-order valence-electron chi connectivity index (χ2n) is 8.04. The molecule has 1 fully saturated rings. The van der Waals surface area contributed by atoms with E-state index in [4.69, 9.17) is 9.90 Å². The average molecular weight is 513 g/mol. The highest BCUT2D eigenvalue weighted by Crippen LogP contribution is 2.30. The number of para-hydroxylation sites is 1. The maximum atomic E-state index is 14.8.